The Morgan fingerprint density at radius 1 is 1.36 bits per heavy atom. The number of aromatic nitrogens is 1. The quantitative estimate of drug-likeness (QED) is 0.593. The van der Waals surface area contributed by atoms with Crippen molar-refractivity contribution in [2.75, 3.05) is 0 Å². The van der Waals surface area contributed by atoms with Gasteiger partial charge in [-0.25, -0.2) is 4.39 Å². The predicted octanol–water partition coefficient (Wildman–Crippen LogP) is 2.01. The Hall–Kier alpha value is -1.51. The third-order valence-corrected chi connectivity index (χ3v) is 1.61. The highest BCUT2D eigenvalue weighted by molar-refractivity contribution is 5.85. The number of halogens is 1. The molecule has 11 heavy (non-hydrogen) atoms. The zero-order valence-electron chi connectivity index (χ0n) is 5.63. The molecule has 2 aromatic rings. The minimum Gasteiger partial charge on any atom is -0.507 e. The molecule has 0 spiro atoms. The van der Waals surface area contributed by atoms with Crippen molar-refractivity contribution in [2.45, 2.75) is 0 Å². The summed E-state index contributed by atoms with van der Waals surface area (Å²) in [6.07, 6.45) is 1.66. The fourth-order valence-corrected chi connectivity index (χ4v) is 1.11. The van der Waals surface area contributed by atoms with E-state index in [2.05, 4.69) is 4.98 Å². The van der Waals surface area contributed by atoms with Gasteiger partial charge in [0.25, 0.3) is 0 Å². The molecule has 56 valence electrons. The number of fused-ring (bicyclic) bond motifs is 1. The number of phenols is 1. The number of H-pyrrole nitrogens is 1. The molecule has 0 saturated carbocycles. The van der Waals surface area contributed by atoms with Gasteiger partial charge in [-0.05, 0) is 12.1 Å². The van der Waals surface area contributed by atoms with Gasteiger partial charge in [-0.1, -0.05) is 0 Å². The van der Waals surface area contributed by atoms with Gasteiger partial charge < -0.3 is 10.1 Å². The predicted molar refractivity (Wildman–Crippen MR) is 39.9 cm³/mol. The van der Waals surface area contributed by atoms with E-state index < -0.39 is 5.82 Å². The van der Waals surface area contributed by atoms with Gasteiger partial charge in [-0.3, -0.25) is 0 Å². The van der Waals surface area contributed by atoms with E-state index in [-0.39, 0.29) is 5.75 Å². The van der Waals surface area contributed by atoms with Crippen LogP contribution in [0.5, 0.6) is 5.75 Å². The van der Waals surface area contributed by atoms with E-state index >= 15 is 0 Å². The van der Waals surface area contributed by atoms with Gasteiger partial charge in [0.05, 0.1) is 5.52 Å². The summed E-state index contributed by atoms with van der Waals surface area (Å²) in [4.78, 5) is 2.80. The Bertz CT molecular complexity index is 394. The Labute approximate surface area is 62.3 Å². The molecule has 0 atom stereocenters. The molecule has 0 bridgehead atoms. The second-order valence-corrected chi connectivity index (χ2v) is 2.36. The van der Waals surface area contributed by atoms with Crippen LogP contribution in [0.15, 0.2) is 24.4 Å². The first-order chi connectivity index (χ1) is 5.27. The lowest BCUT2D eigenvalue weighted by Crippen LogP contribution is -1.74. The van der Waals surface area contributed by atoms with E-state index in [9.17, 15) is 9.50 Å². The minimum atomic E-state index is -0.433. The van der Waals surface area contributed by atoms with Crippen LogP contribution >= 0.6 is 0 Å². The highest BCUT2D eigenvalue weighted by atomic mass is 19.1. The molecule has 0 aliphatic carbocycles. The molecular formula is C8H6FNO. The Morgan fingerprint density at radius 3 is 3.00 bits per heavy atom. The number of benzene rings is 1. The van der Waals surface area contributed by atoms with Gasteiger partial charge in [0.15, 0.2) is 0 Å². The number of nitrogens with one attached hydrogen (secondary N) is 1. The highest BCUT2D eigenvalue weighted by Gasteiger charge is 2.01. The van der Waals surface area contributed by atoms with E-state index in [1.54, 1.807) is 12.3 Å². The van der Waals surface area contributed by atoms with Crippen LogP contribution in [0.3, 0.4) is 0 Å². The molecule has 0 unspecified atom stereocenters. The molecule has 0 fully saturated rings. The van der Waals surface area contributed by atoms with Gasteiger partial charge in [0, 0.05) is 17.6 Å². The van der Waals surface area contributed by atoms with E-state index in [4.69, 9.17) is 0 Å². The molecule has 3 heteroatoms. The third kappa shape index (κ3) is 0.852. The fourth-order valence-electron chi connectivity index (χ4n) is 1.11. The first-order valence-electron chi connectivity index (χ1n) is 3.23. The SMILES string of the molecule is Oc1cc(F)cc2[nH]ccc12. The van der Waals surface area contributed by atoms with Crippen LogP contribution < -0.4 is 0 Å². The minimum absolute atomic E-state index is 0.0266. The molecule has 0 aliphatic rings. The summed E-state index contributed by atoms with van der Waals surface area (Å²) in [5.41, 5.74) is 0.613. The van der Waals surface area contributed by atoms with Crippen LogP contribution in [0.1, 0.15) is 0 Å². The van der Waals surface area contributed by atoms with Gasteiger partial charge in [0.2, 0.25) is 0 Å². The van der Waals surface area contributed by atoms with Crippen molar-refractivity contribution in [3.05, 3.63) is 30.2 Å². The molecular weight excluding hydrogens is 145 g/mol. The van der Waals surface area contributed by atoms with Crippen molar-refractivity contribution in [1.82, 2.24) is 4.98 Å². The second-order valence-electron chi connectivity index (χ2n) is 2.36. The Kier molecular flexibility index (Phi) is 1.12. The van der Waals surface area contributed by atoms with Crippen molar-refractivity contribution in [1.29, 1.82) is 0 Å². The van der Waals surface area contributed by atoms with E-state index in [1.807, 2.05) is 0 Å². The van der Waals surface area contributed by atoms with E-state index in [0.717, 1.165) is 6.07 Å². The summed E-state index contributed by atoms with van der Waals surface area (Å²) >= 11 is 0. The first-order valence-corrected chi connectivity index (χ1v) is 3.23. The molecule has 1 aromatic carbocycles. The lowest BCUT2D eigenvalue weighted by atomic mass is 10.2. The van der Waals surface area contributed by atoms with Crippen LogP contribution in [-0.2, 0) is 0 Å². The highest BCUT2D eigenvalue weighted by Crippen LogP contribution is 2.24. The largest absolute Gasteiger partial charge is 0.507 e. The molecule has 2 rings (SSSR count). The van der Waals surface area contributed by atoms with Crippen molar-refractivity contribution in [2.24, 2.45) is 0 Å². The van der Waals surface area contributed by atoms with Crippen molar-refractivity contribution < 1.29 is 9.50 Å². The van der Waals surface area contributed by atoms with Crippen molar-refractivity contribution >= 4 is 10.9 Å². The van der Waals surface area contributed by atoms with Crippen LogP contribution in [0.2, 0.25) is 0 Å². The zero-order chi connectivity index (χ0) is 7.84. The van der Waals surface area contributed by atoms with Crippen LogP contribution in [-0.4, -0.2) is 10.1 Å². The van der Waals surface area contributed by atoms with Crippen molar-refractivity contribution in [3.8, 4) is 5.75 Å². The van der Waals surface area contributed by atoms with Gasteiger partial charge in [-0.2, -0.15) is 0 Å². The maximum Gasteiger partial charge on any atom is 0.129 e. The Morgan fingerprint density at radius 2 is 2.18 bits per heavy atom. The smallest absolute Gasteiger partial charge is 0.129 e. The average Bonchev–Trinajstić information content (AvgIpc) is 2.34. The molecule has 0 saturated heterocycles. The number of rotatable bonds is 0. The fraction of sp³-hybridized carbons (Fsp3) is 0. The number of aromatic amines is 1. The first kappa shape index (κ1) is 6.22. The molecule has 1 heterocycles. The monoisotopic (exact) mass is 151 g/mol. The van der Waals surface area contributed by atoms with Crippen LogP contribution in [0, 0.1) is 5.82 Å². The Balaban J connectivity index is 2.91. The van der Waals surface area contributed by atoms with E-state index in [1.165, 1.54) is 6.07 Å². The summed E-state index contributed by atoms with van der Waals surface area (Å²) in [5, 5.41) is 9.83. The lowest BCUT2D eigenvalue weighted by Gasteiger charge is -1.94. The van der Waals surface area contributed by atoms with Crippen LogP contribution in [0.25, 0.3) is 10.9 Å². The zero-order valence-corrected chi connectivity index (χ0v) is 5.63. The summed E-state index contributed by atoms with van der Waals surface area (Å²) in [6, 6.07) is 4.13. The number of aromatic hydroxyl groups is 1. The molecule has 1 aromatic heterocycles. The topological polar surface area (TPSA) is 36.0 Å². The summed E-state index contributed by atoms with van der Waals surface area (Å²) in [6.45, 7) is 0. The van der Waals surface area contributed by atoms with Crippen LogP contribution in [0.4, 0.5) is 4.39 Å². The molecule has 0 amide bonds. The average molecular weight is 151 g/mol. The van der Waals surface area contributed by atoms with E-state index in [0.29, 0.717) is 10.9 Å². The van der Waals surface area contributed by atoms with Crippen molar-refractivity contribution in [3.63, 3.8) is 0 Å². The normalized spacial score (nSPS) is 10.6. The third-order valence-electron chi connectivity index (χ3n) is 1.61. The van der Waals surface area contributed by atoms with Gasteiger partial charge in [-0.15, -0.1) is 0 Å². The second kappa shape index (κ2) is 1.99. The number of hydrogen-bond acceptors (Lipinski definition) is 1. The maximum atomic E-state index is 12.6. The maximum absolute atomic E-state index is 12.6. The molecule has 2 N–H and O–H groups in total. The standard InChI is InChI=1S/C8H6FNO/c9-5-3-7-6(1-2-10-7)8(11)4-5/h1-4,10-11H. The molecule has 0 radical (unpaired) electrons. The summed E-state index contributed by atoms with van der Waals surface area (Å²) in [5.74, 6) is -0.460. The number of hydrogen-bond donors (Lipinski definition) is 2. The molecule has 2 nitrogen and oxygen atoms in total. The van der Waals surface area contributed by atoms with Gasteiger partial charge >= 0.3 is 0 Å². The lowest BCUT2D eigenvalue weighted by molar-refractivity contribution is 0.476. The van der Waals surface area contributed by atoms with Gasteiger partial charge in [0.1, 0.15) is 11.6 Å². The number of phenolic OH excluding ortho intramolecular Hbond substituents is 1. The summed E-state index contributed by atoms with van der Waals surface area (Å²) < 4.78 is 12.6. The summed E-state index contributed by atoms with van der Waals surface area (Å²) in [7, 11) is 0. The molecule has 0 aliphatic heterocycles.